The van der Waals surface area contributed by atoms with Crippen LogP contribution < -0.4 is 0 Å². The maximum Gasteiger partial charge on any atom is 0.242 e. The van der Waals surface area contributed by atoms with Crippen LogP contribution in [0.5, 0.6) is 0 Å². The van der Waals surface area contributed by atoms with Gasteiger partial charge in [-0.15, -0.1) is 0 Å². The van der Waals surface area contributed by atoms with Crippen LogP contribution in [0.2, 0.25) is 0 Å². The first-order valence-electron chi connectivity index (χ1n) is 3.75. The van der Waals surface area contributed by atoms with Gasteiger partial charge in [0.15, 0.2) is 0 Å². The lowest BCUT2D eigenvalue weighted by atomic mass is 10.2. The highest BCUT2D eigenvalue weighted by Gasteiger charge is 2.20. The first-order valence-corrected chi connectivity index (χ1v) is 3.75. The molecule has 3 nitrogen and oxygen atoms in total. The van der Waals surface area contributed by atoms with Crippen LogP contribution in [-0.2, 0) is 4.79 Å². The van der Waals surface area contributed by atoms with E-state index in [-0.39, 0.29) is 5.91 Å². The van der Waals surface area contributed by atoms with Crippen molar-refractivity contribution >= 4 is 5.91 Å². The highest BCUT2D eigenvalue weighted by Crippen LogP contribution is 2.09. The summed E-state index contributed by atoms with van der Waals surface area (Å²) < 4.78 is 0. The number of hydrogen-bond donors (Lipinski definition) is 0. The Bertz CT molecular complexity index is 198. The van der Waals surface area contributed by atoms with Crippen molar-refractivity contribution in [1.29, 1.82) is 0 Å². The average Bonchev–Trinajstić information content (AvgIpc) is 1.97. The SMILES string of the molecule is C/C=C1\CN(C)C(=O)CN1C. The van der Waals surface area contributed by atoms with E-state index >= 15 is 0 Å². The van der Waals surface area contributed by atoms with E-state index in [1.807, 2.05) is 32.0 Å². The summed E-state index contributed by atoms with van der Waals surface area (Å²) in [5, 5.41) is 0. The highest BCUT2D eigenvalue weighted by molar-refractivity contribution is 5.79. The smallest absolute Gasteiger partial charge is 0.242 e. The Balaban J connectivity index is 2.70. The maximum absolute atomic E-state index is 11.1. The summed E-state index contributed by atoms with van der Waals surface area (Å²) in [6.45, 7) is 3.25. The van der Waals surface area contributed by atoms with Gasteiger partial charge in [-0.25, -0.2) is 0 Å². The minimum Gasteiger partial charge on any atom is -0.367 e. The lowest BCUT2D eigenvalue weighted by molar-refractivity contribution is -0.132. The molecule has 0 N–H and O–H groups in total. The van der Waals surface area contributed by atoms with Gasteiger partial charge in [0.05, 0.1) is 13.1 Å². The predicted molar refractivity (Wildman–Crippen MR) is 44.0 cm³/mol. The monoisotopic (exact) mass is 154 g/mol. The first kappa shape index (κ1) is 8.11. The molecule has 0 atom stereocenters. The molecule has 11 heavy (non-hydrogen) atoms. The van der Waals surface area contributed by atoms with E-state index in [9.17, 15) is 4.79 Å². The number of likely N-dealkylation sites (N-methyl/N-ethyl adjacent to an activating group) is 2. The van der Waals surface area contributed by atoms with Crippen LogP contribution in [0.25, 0.3) is 0 Å². The van der Waals surface area contributed by atoms with Crippen LogP contribution >= 0.6 is 0 Å². The average molecular weight is 154 g/mol. The summed E-state index contributed by atoms with van der Waals surface area (Å²) >= 11 is 0. The van der Waals surface area contributed by atoms with Crippen LogP contribution in [0.4, 0.5) is 0 Å². The Hall–Kier alpha value is -0.990. The highest BCUT2D eigenvalue weighted by atomic mass is 16.2. The number of amides is 1. The molecule has 62 valence electrons. The largest absolute Gasteiger partial charge is 0.367 e. The summed E-state index contributed by atoms with van der Waals surface area (Å²) in [6, 6.07) is 0. The quantitative estimate of drug-likeness (QED) is 0.501. The Labute approximate surface area is 67.3 Å². The molecule has 1 heterocycles. The number of rotatable bonds is 0. The van der Waals surface area contributed by atoms with Crippen LogP contribution in [0.1, 0.15) is 6.92 Å². The maximum atomic E-state index is 11.1. The van der Waals surface area contributed by atoms with Gasteiger partial charge in [-0.3, -0.25) is 4.79 Å². The Kier molecular flexibility index (Phi) is 2.17. The summed E-state index contributed by atoms with van der Waals surface area (Å²) in [4.78, 5) is 14.9. The van der Waals surface area contributed by atoms with Crippen LogP contribution in [-0.4, -0.2) is 42.9 Å². The number of carbonyl (C=O) groups is 1. The van der Waals surface area contributed by atoms with Crippen molar-refractivity contribution in [3.63, 3.8) is 0 Å². The standard InChI is InChI=1S/C8H14N2O/c1-4-7-5-10(3)8(11)6-9(7)2/h4H,5-6H2,1-3H3/b7-4+. The molecule has 1 aliphatic rings. The number of allylic oxidation sites excluding steroid dienone is 1. The number of piperazine rings is 1. The van der Waals surface area contributed by atoms with Crippen molar-refractivity contribution in [3.05, 3.63) is 11.8 Å². The Morgan fingerprint density at radius 3 is 2.45 bits per heavy atom. The minimum atomic E-state index is 0.193. The molecule has 0 aromatic rings. The second-order valence-electron chi connectivity index (χ2n) is 2.89. The van der Waals surface area contributed by atoms with E-state index in [2.05, 4.69) is 0 Å². The zero-order chi connectivity index (χ0) is 8.43. The van der Waals surface area contributed by atoms with Crippen molar-refractivity contribution < 1.29 is 4.79 Å². The molecule has 1 amide bonds. The zero-order valence-electron chi connectivity index (χ0n) is 7.29. The molecule has 1 fully saturated rings. The van der Waals surface area contributed by atoms with Gasteiger partial charge in [-0.1, -0.05) is 6.08 Å². The fraction of sp³-hybridized carbons (Fsp3) is 0.625. The molecule has 1 rings (SSSR count). The van der Waals surface area contributed by atoms with E-state index in [1.165, 1.54) is 5.70 Å². The van der Waals surface area contributed by atoms with Crippen molar-refractivity contribution in [2.24, 2.45) is 0 Å². The Morgan fingerprint density at radius 2 is 1.91 bits per heavy atom. The molecular formula is C8H14N2O. The molecule has 0 spiro atoms. The number of hydrogen-bond acceptors (Lipinski definition) is 2. The van der Waals surface area contributed by atoms with Crippen molar-refractivity contribution in [1.82, 2.24) is 9.80 Å². The van der Waals surface area contributed by atoms with Gasteiger partial charge in [-0.2, -0.15) is 0 Å². The van der Waals surface area contributed by atoms with Crippen LogP contribution in [0, 0.1) is 0 Å². The molecule has 0 unspecified atom stereocenters. The van der Waals surface area contributed by atoms with Gasteiger partial charge >= 0.3 is 0 Å². The van der Waals surface area contributed by atoms with E-state index in [4.69, 9.17) is 0 Å². The van der Waals surface area contributed by atoms with Crippen molar-refractivity contribution in [3.8, 4) is 0 Å². The third kappa shape index (κ3) is 1.53. The van der Waals surface area contributed by atoms with Gasteiger partial charge in [-0.05, 0) is 6.92 Å². The molecule has 0 radical (unpaired) electrons. The van der Waals surface area contributed by atoms with E-state index in [0.29, 0.717) is 6.54 Å². The number of carbonyl (C=O) groups excluding carboxylic acids is 1. The second-order valence-corrected chi connectivity index (χ2v) is 2.89. The molecule has 0 aliphatic carbocycles. The predicted octanol–water partition coefficient (Wildman–Crippen LogP) is 0.294. The minimum absolute atomic E-state index is 0.193. The van der Waals surface area contributed by atoms with Gasteiger partial charge < -0.3 is 9.80 Å². The summed E-state index contributed by atoms with van der Waals surface area (Å²) in [5.74, 6) is 0.193. The summed E-state index contributed by atoms with van der Waals surface area (Å²) in [5.41, 5.74) is 1.21. The lowest BCUT2D eigenvalue weighted by Crippen LogP contribution is -2.45. The van der Waals surface area contributed by atoms with Gasteiger partial charge in [0.1, 0.15) is 0 Å². The fourth-order valence-electron chi connectivity index (χ4n) is 1.19. The summed E-state index contributed by atoms with van der Waals surface area (Å²) in [6.07, 6.45) is 2.04. The second kappa shape index (κ2) is 2.95. The molecule has 0 aromatic carbocycles. The molecular weight excluding hydrogens is 140 g/mol. The van der Waals surface area contributed by atoms with Crippen molar-refractivity contribution in [2.75, 3.05) is 27.2 Å². The van der Waals surface area contributed by atoms with Crippen molar-refractivity contribution in [2.45, 2.75) is 6.92 Å². The third-order valence-electron chi connectivity index (χ3n) is 2.02. The van der Waals surface area contributed by atoms with E-state index in [0.717, 1.165) is 6.54 Å². The van der Waals surface area contributed by atoms with Crippen LogP contribution in [0.3, 0.4) is 0 Å². The molecule has 3 heteroatoms. The number of nitrogens with zero attached hydrogens (tertiary/aromatic N) is 2. The van der Waals surface area contributed by atoms with Gasteiger partial charge in [0.2, 0.25) is 5.91 Å². The first-order chi connectivity index (χ1) is 5.15. The summed E-state index contributed by atoms with van der Waals surface area (Å²) in [7, 11) is 3.78. The van der Waals surface area contributed by atoms with Crippen LogP contribution in [0.15, 0.2) is 11.8 Å². The normalized spacial score (nSPS) is 23.2. The third-order valence-corrected chi connectivity index (χ3v) is 2.02. The lowest BCUT2D eigenvalue weighted by Gasteiger charge is -2.33. The molecule has 1 saturated heterocycles. The van der Waals surface area contributed by atoms with Gasteiger partial charge in [0.25, 0.3) is 0 Å². The van der Waals surface area contributed by atoms with E-state index < -0.39 is 0 Å². The molecule has 1 aliphatic heterocycles. The zero-order valence-corrected chi connectivity index (χ0v) is 7.29. The van der Waals surface area contributed by atoms with Gasteiger partial charge in [0, 0.05) is 19.8 Å². The Morgan fingerprint density at radius 1 is 1.27 bits per heavy atom. The molecule has 0 aromatic heterocycles. The topological polar surface area (TPSA) is 23.6 Å². The molecule has 0 bridgehead atoms. The molecule has 0 saturated carbocycles. The van der Waals surface area contributed by atoms with E-state index in [1.54, 1.807) is 4.90 Å². The fourth-order valence-corrected chi connectivity index (χ4v) is 1.19.